The Hall–Kier alpha value is -0.570. The van der Waals surface area contributed by atoms with E-state index in [2.05, 4.69) is 17.6 Å². The summed E-state index contributed by atoms with van der Waals surface area (Å²) in [6.45, 7) is 5.16. The van der Waals surface area contributed by atoms with Crippen molar-refractivity contribution in [3.05, 3.63) is 0 Å². The number of carbonyl (C=O) groups excluding carboxylic acids is 1. The predicted molar refractivity (Wildman–Crippen MR) is 48.9 cm³/mol. The van der Waals surface area contributed by atoms with Crippen molar-refractivity contribution in [2.24, 2.45) is 5.92 Å². The average molecular weight is 170 g/mol. The van der Waals surface area contributed by atoms with Crippen molar-refractivity contribution in [3.8, 4) is 0 Å². The summed E-state index contributed by atoms with van der Waals surface area (Å²) in [6, 6.07) is 0. The monoisotopic (exact) mass is 170 g/mol. The first-order chi connectivity index (χ1) is 5.83. The second kappa shape index (κ2) is 5.14. The summed E-state index contributed by atoms with van der Waals surface area (Å²) in [6.07, 6.45) is 2.93. The minimum atomic E-state index is 0.210. The van der Waals surface area contributed by atoms with Crippen molar-refractivity contribution in [1.29, 1.82) is 0 Å². The lowest BCUT2D eigenvalue weighted by Gasteiger charge is -2.22. The fourth-order valence-corrected chi connectivity index (χ4v) is 1.44. The summed E-state index contributed by atoms with van der Waals surface area (Å²) in [5.74, 6) is 0.857. The van der Waals surface area contributed by atoms with E-state index >= 15 is 0 Å². The summed E-state index contributed by atoms with van der Waals surface area (Å²) in [5, 5.41) is 6.25. The van der Waals surface area contributed by atoms with Gasteiger partial charge in [0.25, 0.3) is 0 Å². The Morgan fingerprint density at radius 1 is 1.67 bits per heavy atom. The van der Waals surface area contributed by atoms with Gasteiger partial charge in [0.1, 0.15) is 0 Å². The molecule has 70 valence electrons. The van der Waals surface area contributed by atoms with E-state index in [-0.39, 0.29) is 5.91 Å². The minimum absolute atomic E-state index is 0.210. The lowest BCUT2D eigenvalue weighted by Crippen LogP contribution is -2.39. The highest BCUT2D eigenvalue weighted by molar-refractivity contribution is 5.76. The van der Waals surface area contributed by atoms with E-state index in [0.717, 1.165) is 26.1 Å². The molecule has 0 radical (unpaired) electrons. The van der Waals surface area contributed by atoms with Crippen molar-refractivity contribution >= 4 is 5.91 Å². The van der Waals surface area contributed by atoms with Gasteiger partial charge in [-0.1, -0.05) is 6.92 Å². The average Bonchev–Trinajstić information content (AvgIpc) is 2.09. The Labute approximate surface area is 73.9 Å². The number of hydrogen-bond donors (Lipinski definition) is 2. The highest BCUT2D eigenvalue weighted by Crippen LogP contribution is 2.08. The maximum atomic E-state index is 10.8. The molecule has 0 spiro atoms. The normalized spacial score (nSPS) is 23.8. The summed E-state index contributed by atoms with van der Waals surface area (Å²) < 4.78 is 0. The molecule has 0 aromatic heterocycles. The smallest absolute Gasteiger partial charge is 0.220 e. The van der Waals surface area contributed by atoms with Crippen molar-refractivity contribution in [2.75, 3.05) is 19.6 Å². The van der Waals surface area contributed by atoms with Crippen LogP contribution in [0.2, 0.25) is 0 Å². The zero-order valence-corrected chi connectivity index (χ0v) is 7.73. The first kappa shape index (κ1) is 9.52. The van der Waals surface area contributed by atoms with Gasteiger partial charge in [-0.3, -0.25) is 4.79 Å². The van der Waals surface area contributed by atoms with E-state index in [1.165, 1.54) is 6.42 Å². The molecule has 12 heavy (non-hydrogen) atoms. The Bertz CT molecular complexity index is 137. The van der Waals surface area contributed by atoms with Gasteiger partial charge < -0.3 is 10.6 Å². The molecule has 0 saturated carbocycles. The molecular weight excluding hydrogens is 152 g/mol. The third-order valence-corrected chi connectivity index (χ3v) is 2.23. The maximum Gasteiger partial charge on any atom is 0.220 e. The molecular formula is C9H18N2O. The molecule has 1 saturated heterocycles. The molecule has 0 aliphatic carbocycles. The molecule has 3 nitrogen and oxygen atoms in total. The van der Waals surface area contributed by atoms with Gasteiger partial charge in [0, 0.05) is 13.0 Å². The number of hydrogen-bond acceptors (Lipinski definition) is 2. The van der Waals surface area contributed by atoms with E-state index in [1.807, 2.05) is 0 Å². The minimum Gasteiger partial charge on any atom is -0.356 e. The fraction of sp³-hybridized carbons (Fsp3) is 0.889. The standard InChI is InChI=1S/C9H18N2O/c1-2-5-10-6-8-3-4-9(12)11-7-8/h8,10H,2-7H2,1H3,(H,11,12). The molecule has 1 atom stereocenters. The third kappa shape index (κ3) is 3.22. The Morgan fingerprint density at radius 2 is 2.50 bits per heavy atom. The SMILES string of the molecule is CCCNCC1CCC(=O)NC1. The van der Waals surface area contributed by atoms with Crippen LogP contribution >= 0.6 is 0 Å². The maximum absolute atomic E-state index is 10.8. The van der Waals surface area contributed by atoms with Crippen LogP contribution in [0, 0.1) is 5.92 Å². The molecule has 1 amide bonds. The zero-order valence-electron chi connectivity index (χ0n) is 7.73. The summed E-state index contributed by atoms with van der Waals surface area (Å²) in [7, 11) is 0. The van der Waals surface area contributed by atoms with Gasteiger partial charge in [-0.15, -0.1) is 0 Å². The fourth-order valence-electron chi connectivity index (χ4n) is 1.44. The van der Waals surface area contributed by atoms with Crippen LogP contribution in [0.5, 0.6) is 0 Å². The highest BCUT2D eigenvalue weighted by Gasteiger charge is 2.16. The van der Waals surface area contributed by atoms with Crippen LogP contribution in [0.15, 0.2) is 0 Å². The van der Waals surface area contributed by atoms with Crippen LogP contribution in [0.1, 0.15) is 26.2 Å². The third-order valence-electron chi connectivity index (χ3n) is 2.23. The molecule has 1 rings (SSSR count). The Balaban J connectivity index is 2.05. The van der Waals surface area contributed by atoms with Crippen LogP contribution in [0.4, 0.5) is 0 Å². The van der Waals surface area contributed by atoms with Gasteiger partial charge in [-0.2, -0.15) is 0 Å². The van der Waals surface area contributed by atoms with Crippen LogP contribution in [0.25, 0.3) is 0 Å². The van der Waals surface area contributed by atoms with E-state index in [4.69, 9.17) is 0 Å². The van der Waals surface area contributed by atoms with Gasteiger partial charge >= 0.3 is 0 Å². The number of nitrogens with one attached hydrogen (secondary N) is 2. The van der Waals surface area contributed by atoms with Crippen LogP contribution < -0.4 is 10.6 Å². The van der Waals surface area contributed by atoms with E-state index in [0.29, 0.717) is 12.3 Å². The topological polar surface area (TPSA) is 41.1 Å². The molecule has 0 aromatic rings. The van der Waals surface area contributed by atoms with Gasteiger partial charge in [0.15, 0.2) is 0 Å². The largest absolute Gasteiger partial charge is 0.356 e. The van der Waals surface area contributed by atoms with Crippen molar-refractivity contribution in [3.63, 3.8) is 0 Å². The van der Waals surface area contributed by atoms with Crippen LogP contribution in [0.3, 0.4) is 0 Å². The van der Waals surface area contributed by atoms with E-state index < -0.39 is 0 Å². The number of amides is 1. The molecule has 3 heteroatoms. The predicted octanol–water partition coefficient (Wildman–Crippen LogP) is 0.512. The Morgan fingerprint density at radius 3 is 3.08 bits per heavy atom. The van der Waals surface area contributed by atoms with Crippen molar-refractivity contribution < 1.29 is 4.79 Å². The second-order valence-electron chi connectivity index (χ2n) is 3.41. The molecule has 0 aromatic carbocycles. The quantitative estimate of drug-likeness (QED) is 0.604. The number of carbonyl (C=O) groups is 1. The van der Waals surface area contributed by atoms with Crippen molar-refractivity contribution in [1.82, 2.24) is 10.6 Å². The second-order valence-corrected chi connectivity index (χ2v) is 3.41. The zero-order chi connectivity index (χ0) is 8.81. The highest BCUT2D eigenvalue weighted by atomic mass is 16.1. The first-order valence-corrected chi connectivity index (χ1v) is 4.80. The van der Waals surface area contributed by atoms with E-state index in [9.17, 15) is 4.79 Å². The summed E-state index contributed by atoms with van der Waals surface area (Å²) in [4.78, 5) is 10.8. The number of rotatable bonds is 4. The molecule has 1 aliphatic rings. The van der Waals surface area contributed by atoms with Gasteiger partial charge in [0.05, 0.1) is 0 Å². The van der Waals surface area contributed by atoms with Gasteiger partial charge in [0.2, 0.25) is 5.91 Å². The summed E-state index contributed by atoms with van der Waals surface area (Å²) in [5.41, 5.74) is 0. The number of piperidine rings is 1. The summed E-state index contributed by atoms with van der Waals surface area (Å²) >= 11 is 0. The first-order valence-electron chi connectivity index (χ1n) is 4.80. The molecule has 1 unspecified atom stereocenters. The van der Waals surface area contributed by atoms with E-state index in [1.54, 1.807) is 0 Å². The lowest BCUT2D eigenvalue weighted by atomic mass is 9.99. The molecule has 1 aliphatic heterocycles. The van der Waals surface area contributed by atoms with Crippen molar-refractivity contribution in [2.45, 2.75) is 26.2 Å². The molecule has 2 N–H and O–H groups in total. The van der Waals surface area contributed by atoms with Crippen LogP contribution in [-0.2, 0) is 4.79 Å². The molecule has 1 heterocycles. The molecule has 0 bridgehead atoms. The Kier molecular flexibility index (Phi) is 4.08. The van der Waals surface area contributed by atoms with Gasteiger partial charge in [-0.25, -0.2) is 0 Å². The lowest BCUT2D eigenvalue weighted by molar-refractivity contribution is -0.122. The van der Waals surface area contributed by atoms with Gasteiger partial charge in [-0.05, 0) is 31.8 Å². The molecule has 1 fully saturated rings. The van der Waals surface area contributed by atoms with Crippen LogP contribution in [-0.4, -0.2) is 25.5 Å².